The Morgan fingerprint density at radius 1 is 1.33 bits per heavy atom. The fraction of sp³-hybridized carbons (Fsp3) is 0.143. The first kappa shape index (κ1) is 12.6. The highest BCUT2D eigenvalue weighted by molar-refractivity contribution is 6.30. The molecule has 0 aliphatic heterocycles. The number of hydrogen-bond acceptors (Lipinski definition) is 3. The van der Waals surface area contributed by atoms with Crippen molar-refractivity contribution in [2.45, 2.75) is 13.8 Å². The van der Waals surface area contributed by atoms with Gasteiger partial charge in [0.2, 0.25) is 5.88 Å². The summed E-state index contributed by atoms with van der Waals surface area (Å²) in [5.74, 6) is 0.876. The third-order valence-electron chi connectivity index (χ3n) is 2.49. The number of hydrogen-bond donors (Lipinski definition) is 0. The van der Waals surface area contributed by atoms with Crippen molar-refractivity contribution in [2.24, 2.45) is 0 Å². The first-order chi connectivity index (χ1) is 8.58. The molecule has 0 amide bonds. The molecule has 18 heavy (non-hydrogen) atoms. The fourth-order valence-electron chi connectivity index (χ4n) is 1.57. The number of ether oxygens (including phenoxy) is 1. The maximum atomic E-state index is 11.5. The summed E-state index contributed by atoms with van der Waals surface area (Å²) in [4.78, 5) is 15.5. The van der Waals surface area contributed by atoms with Gasteiger partial charge in [0.25, 0.3) is 0 Å². The summed E-state index contributed by atoms with van der Waals surface area (Å²) in [6.45, 7) is 3.37. The summed E-state index contributed by atoms with van der Waals surface area (Å²) in [6, 6.07) is 8.69. The highest BCUT2D eigenvalue weighted by Crippen LogP contribution is 2.28. The van der Waals surface area contributed by atoms with Crippen molar-refractivity contribution in [3.8, 4) is 11.6 Å². The zero-order valence-corrected chi connectivity index (χ0v) is 10.9. The van der Waals surface area contributed by atoms with Gasteiger partial charge in [-0.3, -0.25) is 4.79 Å². The molecule has 1 aromatic heterocycles. The van der Waals surface area contributed by atoms with Gasteiger partial charge >= 0.3 is 0 Å². The number of aromatic nitrogens is 1. The Hall–Kier alpha value is -1.87. The second-order valence-corrected chi connectivity index (χ2v) is 4.36. The highest BCUT2D eigenvalue weighted by Gasteiger charge is 2.11. The topological polar surface area (TPSA) is 39.2 Å². The molecule has 2 rings (SSSR count). The first-order valence-electron chi connectivity index (χ1n) is 5.48. The van der Waals surface area contributed by atoms with Crippen LogP contribution in [0.15, 0.2) is 36.5 Å². The van der Waals surface area contributed by atoms with Crippen molar-refractivity contribution in [3.05, 3.63) is 52.7 Å². The fourth-order valence-corrected chi connectivity index (χ4v) is 1.80. The molecule has 0 atom stereocenters. The predicted molar refractivity (Wildman–Crippen MR) is 70.5 cm³/mol. The van der Waals surface area contributed by atoms with E-state index in [9.17, 15) is 4.79 Å². The van der Waals surface area contributed by atoms with E-state index in [4.69, 9.17) is 16.3 Å². The van der Waals surface area contributed by atoms with E-state index in [-0.39, 0.29) is 5.78 Å². The molecule has 0 saturated heterocycles. The standard InChI is InChI=1S/C14H12ClNO2/c1-9-8-11(15)5-6-13(9)18-14-12(10(2)17)4-3-7-16-14/h3-8H,1-2H3. The van der Waals surface area contributed by atoms with Crippen LogP contribution < -0.4 is 4.74 Å². The van der Waals surface area contributed by atoms with Crippen LogP contribution in [0.4, 0.5) is 0 Å². The molecule has 0 N–H and O–H groups in total. The Labute approximate surface area is 110 Å². The molecule has 92 valence electrons. The maximum Gasteiger partial charge on any atom is 0.230 e. The summed E-state index contributed by atoms with van der Waals surface area (Å²) >= 11 is 5.88. The molecule has 0 saturated carbocycles. The van der Waals surface area contributed by atoms with E-state index in [0.717, 1.165) is 5.56 Å². The zero-order valence-electron chi connectivity index (χ0n) is 10.1. The predicted octanol–water partition coefficient (Wildman–Crippen LogP) is 4.04. The van der Waals surface area contributed by atoms with E-state index in [1.54, 1.807) is 36.5 Å². The molecule has 0 unspecified atom stereocenters. The van der Waals surface area contributed by atoms with Crippen LogP contribution in [0.3, 0.4) is 0 Å². The van der Waals surface area contributed by atoms with Gasteiger partial charge in [0, 0.05) is 11.2 Å². The maximum absolute atomic E-state index is 11.5. The van der Waals surface area contributed by atoms with Gasteiger partial charge in [0.1, 0.15) is 5.75 Å². The number of carbonyl (C=O) groups is 1. The average molecular weight is 262 g/mol. The highest BCUT2D eigenvalue weighted by atomic mass is 35.5. The molecule has 4 heteroatoms. The Morgan fingerprint density at radius 3 is 2.78 bits per heavy atom. The normalized spacial score (nSPS) is 10.2. The van der Waals surface area contributed by atoms with Gasteiger partial charge in [-0.25, -0.2) is 4.98 Å². The lowest BCUT2D eigenvalue weighted by Gasteiger charge is -2.10. The van der Waals surface area contributed by atoms with Crippen LogP contribution in [0.1, 0.15) is 22.8 Å². The zero-order chi connectivity index (χ0) is 13.1. The van der Waals surface area contributed by atoms with E-state index < -0.39 is 0 Å². The molecule has 0 fully saturated rings. The van der Waals surface area contributed by atoms with Crippen LogP contribution in [0.25, 0.3) is 0 Å². The molecular weight excluding hydrogens is 250 g/mol. The van der Waals surface area contributed by atoms with E-state index in [2.05, 4.69) is 4.98 Å². The van der Waals surface area contributed by atoms with Crippen LogP contribution in [-0.2, 0) is 0 Å². The number of benzene rings is 1. The van der Waals surface area contributed by atoms with E-state index in [0.29, 0.717) is 22.2 Å². The van der Waals surface area contributed by atoms with Gasteiger partial charge in [-0.2, -0.15) is 0 Å². The summed E-state index contributed by atoms with van der Waals surface area (Å²) in [5, 5.41) is 0.646. The van der Waals surface area contributed by atoms with Crippen LogP contribution >= 0.6 is 11.6 Å². The van der Waals surface area contributed by atoms with Crippen LogP contribution in [0.2, 0.25) is 5.02 Å². The van der Waals surface area contributed by atoms with Crippen LogP contribution in [0.5, 0.6) is 11.6 Å². The minimum atomic E-state index is -0.0790. The van der Waals surface area contributed by atoms with Crippen molar-refractivity contribution >= 4 is 17.4 Å². The minimum Gasteiger partial charge on any atom is -0.438 e. The van der Waals surface area contributed by atoms with E-state index in [1.807, 2.05) is 6.92 Å². The number of nitrogens with zero attached hydrogens (tertiary/aromatic N) is 1. The summed E-state index contributed by atoms with van der Waals surface area (Å²) in [6.07, 6.45) is 1.59. The van der Waals surface area contributed by atoms with Gasteiger partial charge in [-0.05, 0) is 49.7 Å². The Morgan fingerprint density at radius 2 is 2.11 bits per heavy atom. The third-order valence-corrected chi connectivity index (χ3v) is 2.73. The number of pyridine rings is 1. The average Bonchev–Trinajstić information content (AvgIpc) is 2.33. The summed E-state index contributed by atoms with van der Waals surface area (Å²) < 4.78 is 5.67. The Balaban J connectivity index is 2.37. The lowest BCUT2D eigenvalue weighted by molar-refractivity contribution is 0.101. The van der Waals surface area contributed by atoms with Crippen molar-refractivity contribution < 1.29 is 9.53 Å². The summed E-state index contributed by atoms with van der Waals surface area (Å²) in [7, 11) is 0. The smallest absolute Gasteiger partial charge is 0.230 e. The van der Waals surface area contributed by atoms with Crippen LogP contribution in [0, 0.1) is 6.92 Å². The van der Waals surface area contributed by atoms with E-state index >= 15 is 0 Å². The number of ketones is 1. The molecule has 0 bridgehead atoms. The second-order valence-electron chi connectivity index (χ2n) is 3.92. The van der Waals surface area contributed by atoms with Gasteiger partial charge in [0.05, 0.1) is 5.56 Å². The van der Waals surface area contributed by atoms with Gasteiger partial charge in [-0.15, -0.1) is 0 Å². The largest absolute Gasteiger partial charge is 0.438 e. The van der Waals surface area contributed by atoms with Crippen molar-refractivity contribution in [1.82, 2.24) is 4.98 Å². The Kier molecular flexibility index (Phi) is 3.63. The number of aryl methyl sites for hydroxylation is 1. The number of carbonyl (C=O) groups excluding carboxylic acids is 1. The second kappa shape index (κ2) is 5.19. The molecule has 0 radical (unpaired) electrons. The van der Waals surface area contributed by atoms with Crippen LogP contribution in [-0.4, -0.2) is 10.8 Å². The molecular formula is C14H12ClNO2. The number of Topliss-reactive ketones (excluding diaryl/α,β-unsaturated/α-hetero) is 1. The van der Waals surface area contributed by atoms with Crippen molar-refractivity contribution in [3.63, 3.8) is 0 Å². The summed E-state index contributed by atoms with van der Waals surface area (Å²) in [5.41, 5.74) is 1.36. The third kappa shape index (κ3) is 2.68. The van der Waals surface area contributed by atoms with Gasteiger partial charge in [-0.1, -0.05) is 11.6 Å². The minimum absolute atomic E-state index is 0.0790. The monoisotopic (exact) mass is 261 g/mol. The molecule has 2 aromatic rings. The lowest BCUT2D eigenvalue weighted by atomic mass is 10.2. The quantitative estimate of drug-likeness (QED) is 0.783. The van der Waals surface area contributed by atoms with Crippen molar-refractivity contribution in [1.29, 1.82) is 0 Å². The molecule has 1 heterocycles. The lowest BCUT2D eigenvalue weighted by Crippen LogP contribution is -1.99. The number of rotatable bonds is 3. The molecule has 3 nitrogen and oxygen atoms in total. The molecule has 0 aliphatic carbocycles. The van der Waals surface area contributed by atoms with Crippen molar-refractivity contribution in [2.75, 3.05) is 0 Å². The molecule has 1 aromatic carbocycles. The van der Waals surface area contributed by atoms with E-state index in [1.165, 1.54) is 6.92 Å². The Bertz CT molecular complexity index is 596. The number of halogens is 1. The first-order valence-corrected chi connectivity index (χ1v) is 5.85. The van der Waals surface area contributed by atoms with Gasteiger partial charge < -0.3 is 4.74 Å². The van der Waals surface area contributed by atoms with Gasteiger partial charge in [0.15, 0.2) is 5.78 Å². The molecule has 0 spiro atoms. The SMILES string of the molecule is CC(=O)c1cccnc1Oc1ccc(Cl)cc1C. The molecule has 0 aliphatic rings.